The van der Waals surface area contributed by atoms with Crippen LogP contribution < -0.4 is 0 Å². The molecule has 2 heteroatoms. The molecule has 2 aromatic carbocycles. The first-order valence-corrected chi connectivity index (χ1v) is 7.66. The Labute approximate surface area is 129 Å². The van der Waals surface area contributed by atoms with Crippen molar-refractivity contribution in [2.24, 2.45) is 5.92 Å². The molecule has 104 valence electrons. The summed E-state index contributed by atoms with van der Waals surface area (Å²) in [5.74, 6) is 0.671. The lowest BCUT2D eigenvalue weighted by Crippen LogP contribution is -2.03. The number of carbonyl (C=O) groups is 1. The molecule has 0 heterocycles. The normalized spacial score (nSPS) is 10.8. The topological polar surface area (TPSA) is 17.1 Å². The Morgan fingerprint density at radius 2 is 1.80 bits per heavy atom. The minimum Gasteiger partial charge on any atom is -0.289 e. The van der Waals surface area contributed by atoms with Gasteiger partial charge < -0.3 is 0 Å². The standard InChI is InChI=1S/C18H19BrO/c1-12(2)9-14-5-4-6-15(10-14)18(20)16-8-7-13(3)17(19)11-16/h4-8,10-12H,9H2,1-3H3. The number of hydrogen-bond acceptors (Lipinski definition) is 1. The average molecular weight is 331 g/mol. The Morgan fingerprint density at radius 3 is 2.45 bits per heavy atom. The van der Waals surface area contributed by atoms with Gasteiger partial charge in [-0.05, 0) is 42.5 Å². The zero-order valence-corrected chi connectivity index (χ0v) is 13.7. The van der Waals surface area contributed by atoms with Crippen molar-refractivity contribution in [1.82, 2.24) is 0 Å². The Kier molecular flexibility index (Phi) is 4.77. The van der Waals surface area contributed by atoms with Gasteiger partial charge in [-0.15, -0.1) is 0 Å². The van der Waals surface area contributed by atoms with Crippen molar-refractivity contribution in [3.05, 3.63) is 69.2 Å². The number of ketones is 1. The van der Waals surface area contributed by atoms with Crippen molar-refractivity contribution in [2.75, 3.05) is 0 Å². The molecule has 1 nitrogen and oxygen atoms in total. The lowest BCUT2D eigenvalue weighted by molar-refractivity contribution is 0.103. The van der Waals surface area contributed by atoms with E-state index in [0.717, 1.165) is 27.6 Å². The van der Waals surface area contributed by atoms with E-state index in [0.29, 0.717) is 5.92 Å². The molecule has 2 rings (SSSR count). The Bertz CT molecular complexity index is 629. The molecule has 0 fully saturated rings. The van der Waals surface area contributed by atoms with E-state index >= 15 is 0 Å². The van der Waals surface area contributed by atoms with Crippen molar-refractivity contribution in [3.8, 4) is 0 Å². The predicted octanol–water partition coefficient (Wildman–Crippen LogP) is 5.19. The van der Waals surface area contributed by atoms with Crippen LogP contribution >= 0.6 is 15.9 Å². The molecule has 20 heavy (non-hydrogen) atoms. The summed E-state index contributed by atoms with van der Waals surface area (Å²) in [6.07, 6.45) is 0.999. The van der Waals surface area contributed by atoms with Gasteiger partial charge in [0.25, 0.3) is 0 Å². The van der Waals surface area contributed by atoms with Gasteiger partial charge >= 0.3 is 0 Å². The Balaban J connectivity index is 2.30. The summed E-state index contributed by atoms with van der Waals surface area (Å²) < 4.78 is 0.974. The van der Waals surface area contributed by atoms with Gasteiger partial charge in [0.2, 0.25) is 0 Å². The minimum atomic E-state index is 0.0799. The Hall–Kier alpha value is -1.41. The van der Waals surface area contributed by atoms with Gasteiger partial charge in [0.05, 0.1) is 0 Å². The van der Waals surface area contributed by atoms with Gasteiger partial charge in [0, 0.05) is 15.6 Å². The van der Waals surface area contributed by atoms with E-state index < -0.39 is 0 Å². The number of carbonyl (C=O) groups excluding carboxylic acids is 1. The van der Waals surface area contributed by atoms with Gasteiger partial charge in [-0.1, -0.05) is 60.1 Å². The highest BCUT2D eigenvalue weighted by molar-refractivity contribution is 9.10. The van der Waals surface area contributed by atoms with Crippen LogP contribution in [0.15, 0.2) is 46.9 Å². The molecule has 0 unspecified atom stereocenters. The lowest BCUT2D eigenvalue weighted by Gasteiger charge is -2.08. The van der Waals surface area contributed by atoms with Crippen molar-refractivity contribution in [2.45, 2.75) is 27.2 Å². The second-order valence-corrected chi connectivity index (χ2v) is 6.45. The van der Waals surface area contributed by atoms with Crippen molar-refractivity contribution >= 4 is 21.7 Å². The van der Waals surface area contributed by atoms with Crippen molar-refractivity contribution in [3.63, 3.8) is 0 Å². The van der Waals surface area contributed by atoms with Crippen LogP contribution in [0.25, 0.3) is 0 Å². The summed E-state index contributed by atoms with van der Waals surface area (Å²) in [6, 6.07) is 13.7. The molecular formula is C18H19BrO. The molecule has 0 N–H and O–H groups in total. The number of benzene rings is 2. The SMILES string of the molecule is Cc1ccc(C(=O)c2cccc(CC(C)C)c2)cc1Br. The lowest BCUT2D eigenvalue weighted by atomic mass is 9.97. The monoisotopic (exact) mass is 330 g/mol. The third kappa shape index (κ3) is 3.57. The number of rotatable bonds is 4. The second kappa shape index (κ2) is 6.36. The van der Waals surface area contributed by atoms with E-state index in [1.807, 2.05) is 43.3 Å². The van der Waals surface area contributed by atoms with Crippen LogP contribution in [-0.2, 0) is 6.42 Å². The van der Waals surface area contributed by atoms with Gasteiger partial charge in [0.15, 0.2) is 5.78 Å². The Morgan fingerprint density at radius 1 is 1.10 bits per heavy atom. The van der Waals surface area contributed by atoms with Crippen LogP contribution in [0.4, 0.5) is 0 Å². The summed E-state index contributed by atoms with van der Waals surface area (Å²) in [5.41, 5.74) is 3.84. The highest BCUT2D eigenvalue weighted by Gasteiger charge is 2.11. The van der Waals surface area contributed by atoms with Crippen LogP contribution in [0.3, 0.4) is 0 Å². The van der Waals surface area contributed by atoms with Gasteiger partial charge in [-0.2, -0.15) is 0 Å². The molecule has 0 aliphatic rings. The molecule has 2 aromatic rings. The number of hydrogen-bond donors (Lipinski definition) is 0. The van der Waals surface area contributed by atoms with Gasteiger partial charge in [0.1, 0.15) is 0 Å². The smallest absolute Gasteiger partial charge is 0.193 e. The molecule has 0 aliphatic carbocycles. The summed E-state index contributed by atoms with van der Waals surface area (Å²) >= 11 is 3.48. The van der Waals surface area contributed by atoms with Crippen LogP contribution in [0.1, 0.15) is 40.9 Å². The molecule has 0 aliphatic heterocycles. The largest absolute Gasteiger partial charge is 0.289 e. The minimum absolute atomic E-state index is 0.0799. The molecule has 0 spiro atoms. The molecule has 0 bridgehead atoms. The first kappa shape index (κ1) is 15.0. The molecule has 0 atom stereocenters. The molecule has 0 radical (unpaired) electrons. The predicted molar refractivity (Wildman–Crippen MR) is 87.3 cm³/mol. The van der Waals surface area contributed by atoms with E-state index in [1.54, 1.807) is 0 Å². The zero-order chi connectivity index (χ0) is 14.7. The van der Waals surface area contributed by atoms with Gasteiger partial charge in [-0.3, -0.25) is 4.79 Å². The summed E-state index contributed by atoms with van der Waals surface area (Å²) in [4.78, 5) is 12.5. The van der Waals surface area contributed by atoms with Crippen LogP contribution in [-0.4, -0.2) is 5.78 Å². The maximum Gasteiger partial charge on any atom is 0.193 e. The highest BCUT2D eigenvalue weighted by atomic mass is 79.9. The fourth-order valence-electron chi connectivity index (χ4n) is 2.21. The summed E-state index contributed by atoms with van der Waals surface area (Å²) in [7, 11) is 0. The molecule has 0 amide bonds. The molecule has 0 saturated heterocycles. The van der Waals surface area contributed by atoms with E-state index in [1.165, 1.54) is 5.56 Å². The fraction of sp³-hybridized carbons (Fsp3) is 0.278. The van der Waals surface area contributed by atoms with E-state index in [-0.39, 0.29) is 5.78 Å². The number of halogens is 1. The molecular weight excluding hydrogens is 312 g/mol. The molecule has 0 saturated carbocycles. The van der Waals surface area contributed by atoms with E-state index in [2.05, 4.69) is 35.8 Å². The van der Waals surface area contributed by atoms with E-state index in [9.17, 15) is 4.79 Å². The fourth-order valence-corrected chi connectivity index (χ4v) is 2.59. The molecule has 0 aromatic heterocycles. The van der Waals surface area contributed by atoms with Gasteiger partial charge in [-0.25, -0.2) is 0 Å². The first-order chi connectivity index (χ1) is 9.47. The van der Waals surface area contributed by atoms with Crippen LogP contribution in [0, 0.1) is 12.8 Å². The maximum absolute atomic E-state index is 12.5. The van der Waals surface area contributed by atoms with Crippen molar-refractivity contribution in [1.29, 1.82) is 0 Å². The van der Waals surface area contributed by atoms with Crippen LogP contribution in [0.2, 0.25) is 0 Å². The highest BCUT2D eigenvalue weighted by Crippen LogP contribution is 2.20. The third-order valence-electron chi connectivity index (χ3n) is 3.27. The maximum atomic E-state index is 12.5. The second-order valence-electron chi connectivity index (χ2n) is 5.59. The number of aryl methyl sites for hydroxylation is 1. The first-order valence-electron chi connectivity index (χ1n) is 6.87. The quantitative estimate of drug-likeness (QED) is 0.705. The van der Waals surface area contributed by atoms with Crippen LogP contribution in [0.5, 0.6) is 0 Å². The summed E-state index contributed by atoms with van der Waals surface area (Å²) in [6.45, 7) is 6.39. The average Bonchev–Trinajstić information content (AvgIpc) is 2.40. The third-order valence-corrected chi connectivity index (χ3v) is 4.12. The van der Waals surface area contributed by atoms with E-state index in [4.69, 9.17) is 0 Å². The zero-order valence-electron chi connectivity index (χ0n) is 12.1. The summed E-state index contributed by atoms with van der Waals surface area (Å²) in [5, 5.41) is 0. The van der Waals surface area contributed by atoms with Crippen molar-refractivity contribution < 1.29 is 4.79 Å².